The summed E-state index contributed by atoms with van der Waals surface area (Å²) >= 11 is 0. The van der Waals surface area contributed by atoms with E-state index in [9.17, 15) is 10.2 Å². The molecule has 0 aliphatic carbocycles. The largest absolute Gasteiger partial charge is 0.507 e. The lowest BCUT2D eigenvalue weighted by Crippen LogP contribution is -2.12. The Hall–Kier alpha value is -2.48. The summed E-state index contributed by atoms with van der Waals surface area (Å²) in [5, 5.41) is 23.5. The molecule has 0 unspecified atom stereocenters. The van der Waals surface area contributed by atoms with E-state index in [1.165, 1.54) is 30.4 Å². The van der Waals surface area contributed by atoms with Gasteiger partial charge < -0.3 is 10.2 Å². The third kappa shape index (κ3) is 4.80. The Morgan fingerprint density at radius 2 is 1.50 bits per heavy atom. The van der Waals surface area contributed by atoms with E-state index in [2.05, 4.69) is 52.0 Å². The van der Waals surface area contributed by atoms with Crippen LogP contribution in [0.5, 0.6) is 11.5 Å². The maximum Gasteiger partial charge on any atom is 0.126 e. The van der Waals surface area contributed by atoms with Gasteiger partial charge in [0.05, 0.1) is 0 Å². The molecule has 0 aliphatic rings. The summed E-state index contributed by atoms with van der Waals surface area (Å²) in [6.45, 7) is 10.6. The van der Waals surface area contributed by atoms with Gasteiger partial charge in [-0.3, -0.25) is 0 Å². The summed E-state index contributed by atoms with van der Waals surface area (Å²) in [6.07, 6.45) is 6.45. The lowest BCUT2D eigenvalue weighted by molar-refractivity contribution is 0.442. The number of aryl methyl sites for hydroxylation is 2. The van der Waals surface area contributed by atoms with Gasteiger partial charge in [0.25, 0.3) is 0 Å². The van der Waals surface area contributed by atoms with Crippen LogP contribution in [0.1, 0.15) is 81.2 Å². The molecule has 3 aromatic carbocycles. The molecule has 0 saturated heterocycles. The molecule has 0 amide bonds. The second-order valence-corrected chi connectivity index (χ2v) is 9.64. The van der Waals surface area contributed by atoms with Crippen LogP contribution in [0.4, 0.5) is 0 Å². The second kappa shape index (κ2) is 9.12. The fourth-order valence-electron chi connectivity index (χ4n) is 4.33. The van der Waals surface area contributed by atoms with Gasteiger partial charge in [0.15, 0.2) is 0 Å². The first-order valence-corrected chi connectivity index (χ1v) is 11.3. The number of hydrogen-bond donors (Lipinski definition) is 2. The highest BCUT2D eigenvalue weighted by Crippen LogP contribution is 2.37. The van der Waals surface area contributed by atoms with E-state index in [0.717, 1.165) is 46.7 Å². The zero-order chi connectivity index (χ0) is 21.9. The van der Waals surface area contributed by atoms with Crippen molar-refractivity contribution in [2.75, 3.05) is 0 Å². The van der Waals surface area contributed by atoms with Gasteiger partial charge in [0.2, 0.25) is 0 Å². The molecule has 3 aromatic rings. The molecule has 0 fully saturated rings. The molecular weight excluding hydrogens is 368 g/mol. The third-order valence-electron chi connectivity index (χ3n) is 6.04. The van der Waals surface area contributed by atoms with Crippen molar-refractivity contribution in [3.05, 3.63) is 70.3 Å². The molecular formula is C28H36O2. The molecule has 0 bridgehead atoms. The maximum atomic E-state index is 10.9. The molecule has 30 heavy (non-hydrogen) atoms. The zero-order valence-corrected chi connectivity index (χ0v) is 19.2. The van der Waals surface area contributed by atoms with Crippen LogP contribution in [0.15, 0.2) is 42.5 Å². The molecule has 0 spiro atoms. The van der Waals surface area contributed by atoms with E-state index in [4.69, 9.17) is 0 Å². The molecule has 0 aromatic heterocycles. The molecule has 2 nitrogen and oxygen atoms in total. The van der Waals surface area contributed by atoms with Crippen molar-refractivity contribution in [3.63, 3.8) is 0 Å². The van der Waals surface area contributed by atoms with Gasteiger partial charge in [-0.05, 0) is 64.8 Å². The number of aromatic hydroxyl groups is 2. The van der Waals surface area contributed by atoms with Crippen LogP contribution < -0.4 is 0 Å². The van der Waals surface area contributed by atoms with Crippen LogP contribution >= 0.6 is 0 Å². The minimum absolute atomic E-state index is 0.119. The Bertz CT molecular complexity index is 1020. The summed E-state index contributed by atoms with van der Waals surface area (Å²) in [4.78, 5) is 0. The van der Waals surface area contributed by atoms with Crippen LogP contribution in [0.2, 0.25) is 0 Å². The first-order valence-electron chi connectivity index (χ1n) is 11.3. The topological polar surface area (TPSA) is 40.5 Å². The van der Waals surface area contributed by atoms with Crippen molar-refractivity contribution in [3.8, 4) is 11.5 Å². The fourth-order valence-corrected chi connectivity index (χ4v) is 4.33. The van der Waals surface area contributed by atoms with Crippen molar-refractivity contribution in [1.82, 2.24) is 0 Å². The Morgan fingerprint density at radius 1 is 0.800 bits per heavy atom. The highest BCUT2D eigenvalue weighted by atomic mass is 16.3. The highest BCUT2D eigenvalue weighted by Gasteiger charge is 2.21. The van der Waals surface area contributed by atoms with Gasteiger partial charge in [0, 0.05) is 5.39 Å². The number of benzene rings is 3. The Kier molecular flexibility index (Phi) is 6.75. The van der Waals surface area contributed by atoms with Crippen LogP contribution in [-0.4, -0.2) is 10.2 Å². The number of unbranched alkanes of at least 4 members (excludes halogenated alkanes) is 3. The minimum atomic E-state index is -0.119. The van der Waals surface area contributed by atoms with E-state index in [0.29, 0.717) is 11.5 Å². The lowest BCUT2D eigenvalue weighted by atomic mass is 9.83. The van der Waals surface area contributed by atoms with Crippen molar-refractivity contribution < 1.29 is 10.2 Å². The van der Waals surface area contributed by atoms with Gasteiger partial charge in [-0.1, -0.05) is 89.4 Å². The smallest absolute Gasteiger partial charge is 0.126 e. The van der Waals surface area contributed by atoms with E-state index in [-0.39, 0.29) is 5.41 Å². The monoisotopic (exact) mass is 404 g/mol. The molecule has 2 N–H and O–H groups in total. The van der Waals surface area contributed by atoms with Gasteiger partial charge in [-0.2, -0.15) is 0 Å². The molecule has 0 atom stereocenters. The van der Waals surface area contributed by atoms with Crippen LogP contribution in [0.3, 0.4) is 0 Å². The molecule has 0 radical (unpaired) electrons. The number of hydrogen-bond acceptors (Lipinski definition) is 2. The normalized spacial score (nSPS) is 11.9. The first kappa shape index (κ1) is 22.2. The summed E-state index contributed by atoms with van der Waals surface area (Å²) in [5.41, 5.74) is 5.26. The number of rotatable bonds is 7. The van der Waals surface area contributed by atoms with Crippen molar-refractivity contribution in [2.24, 2.45) is 0 Å². The van der Waals surface area contributed by atoms with E-state index in [1.54, 1.807) is 0 Å². The van der Waals surface area contributed by atoms with Gasteiger partial charge in [-0.15, -0.1) is 0 Å². The van der Waals surface area contributed by atoms with Gasteiger partial charge >= 0.3 is 0 Å². The van der Waals surface area contributed by atoms with E-state index in [1.807, 2.05) is 25.1 Å². The highest BCUT2D eigenvalue weighted by molar-refractivity contribution is 5.92. The molecule has 3 rings (SSSR count). The maximum absolute atomic E-state index is 10.9. The minimum Gasteiger partial charge on any atom is -0.507 e. The summed E-state index contributed by atoms with van der Waals surface area (Å²) in [5.74, 6) is 0.835. The van der Waals surface area contributed by atoms with Crippen molar-refractivity contribution >= 4 is 10.8 Å². The number of phenols is 2. The Morgan fingerprint density at radius 3 is 2.17 bits per heavy atom. The van der Waals surface area contributed by atoms with Crippen LogP contribution in [0.25, 0.3) is 10.8 Å². The fraction of sp³-hybridized carbons (Fsp3) is 0.429. The Labute approximate surface area is 181 Å². The van der Waals surface area contributed by atoms with Gasteiger partial charge in [0.1, 0.15) is 11.5 Å². The summed E-state index contributed by atoms with van der Waals surface area (Å²) in [6, 6.07) is 14.6. The predicted octanol–water partition coefficient (Wildman–Crippen LogP) is 7.57. The Balaban J connectivity index is 2.03. The molecule has 0 heterocycles. The van der Waals surface area contributed by atoms with Crippen molar-refractivity contribution in [1.29, 1.82) is 0 Å². The first-order chi connectivity index (χ1) is 14.2. The molecule has 0 aliphatic heterocycles. The molecule has 160 valence electrons. The zero-order valence-electron chi connectivity index (χ0n) is 19.2. The lowest BCUT2D eigenvalue weighted by Gasteiger charge is -2.23. The SMILES string of the molecule is CCCCCCc1cc(Cc2cc(C)c(O)c(C(C)(C)C)c2)c2ccccc2c1O. The van der Waals surface area contributed by atoms with Crippen molar-refractivity contribution in [2.45, 2.75) is 78.6 Å². The average Bonchev–Trinajstić information content (AvgIpc) is 2.70. The number of phenolic OH excluding ortho intramolecular Hbond substituents is 2. The number of fused-ring (bicyclic) bond motifs is 1. The van der Waals surface area contributed by atoms with Crippen LogP contribution in [-0.2, 0) is 18.3 Å². The average molecular weight is 405 g/mol. The van der Waals surface area contributed by atoms with E-state index < -0.39 is 0 Å². The molecule has 0 saturated carbocycles. The summed E-state index contributed by atoms with van der Waals surface area (Å²) < 4.78 is 0. The standard InChI is InChI=1S/C28H36O2/c1-6-7-8-9-12-21-18-22(23-13-10-11-14-24(23)27(21)30)16-20-15-19(2)26(29)25(17-20)28(3,4)5/h10-11,13-15,17-18,29-30H,6-9,12,16H2,1-5H3. The van der Waals surface area contributed by atoms with Crippen LogP contribution in [0, 0.1) is 6.92 Å². The van der Waals surface area contributed by atoms with Gasteiger partial charge in [-0.25, -0.2) is 0 Å². The molecule has 2 heteroatoms. The summed E-state index contributed by atoms with van der Waals surface area (Å²) in [7, 11) is 0. The van der Waals surface area contributed by atoms with E-state index >= 15 is 0 Å². The third-order valence-corrected chi connectivity index (χ3v) is 6.04. The predicted molar refractivity (Wildman–Crippen MR) is 128 cm³/mol. The quantitative estimate of drug-likeness (QED) is 0.399. The second-order valence-electron chi connectivity index (χ2n) is 9.64.